The Bertz CT molecular complexity index is 1050. The fourth-order valence-electron chi connectivity index (χ4n) is 3.24. The molecular formula is C25H29N3O6. The van der Waals surface area contributed by atoms with Gasteiger partial charge in [0, 0.05) is 37.4 Å². The highest BCUT2D eigenvalue weighted by Crippen LogP contribution is 2.19. The SMILES string of the molecule is CNC(=O)C(C)(C(=O)NO)N(C)C(=O)c1ccc(C#Cc2ccc(C(O)CCCO)cc2)cc1. The molecule has 0 fully saturated rings. The van der Waals surface area contributed by atoms with Crippen LogP contribution in [0.2, 0.25) is 0 Å². The summed E-state index contributed by atoms with van der Waals surface area (Å²) in [6.45, 7) is 1.26. The summed E-state index contributed by atoms with van der Waals surface area (Å²) in [6, 6.07) is 13.5. The van der Waals surface area contributed by atoms with E-state index >= 15 is 0 Å². The smallest absolute Gasteiger partial charge is 0.278 e. The first-order chi connectivity index (χ1) is 16.2. The van der Waals surface area contributed by atoms with Crippen LogP contribution >= 0.6 is 0 Å². The standard InChI is InChI=1S/C25H29N3O6/c1-25(23(32)26-2,24(33)27-34)28(3)22(31)20-14-10-18(11-15-20)7-6-17-8-12-19(13-9-17)21(30)5-4-16-29/h8-15,21,29-30,34H,4-5,16H2,1-3H3,(H,26,32)(H,27,33). The largest absolute Gasteiger partial charge is 0.396 e. The average molecular weight is 468 g/mol. The number of hydroxylamine groups is 1. The van der Waals surface area contributed by atoms with E-state index in [0.29, 0.717) is 18.4 Å². The van der Waals surface area contributed by atoms with Gasteiger partial charge in [-0.15, -0.1) is 0 Å². The van der Waals surface area contributed by atoms with Crippen molar-refractivity contribution in [3.8, 4) is 11.8 Å². The van der Waals surface area contributed by atoms with Crippen LogP contribution in [-0.4, -0.2) is 64.3 Å². The first-order valence-electron chi connectivity index (χ1n) is 10.6. The van der Waals surface area contributed by atoms with E-state index in [9.17, 15) is 19.5 Å². The van der Waals surface area contributed by atoms with Crippen molar-refractivity contribution in [3.63, 3.8) is 0 Å². The summed E-state index contributed by atoms with van der Waals surface area (Å²) in [6.07, 6.45) is 0.372. The number of hydrogen-bond acceptors (Lipinski definition) is 6. The number of carbonyl (C=O) groups excluding carboxylic acids is 3. The second-order valence-corrected chi connectivity index (χ2v) is 7.79. The van der Waals surface area contributed by atoms with E-state index < -0.39 is 29.4 Å². The van der Waals surface area contributed by atoms with Crippen LogP contribution in [0.3, 0.4) is 0 Å². The summed E-state index contributed by atoms with van der Waals surface area (Å²) in [5.41, 5.74) is 1.85. The molecule has 2 atom stereocenters. The fraction of sp³-hybridized carbons (Fsp3) is 0.320. The van der Waals surface area contributed by atoms with Gasteiger partial charge in [-0.05, 0) is 61.7 Å². The number of benzene rings is 2. The highest BCUT2D eigenvalue weighted by atomic mass is 16.5. The number of rotatable bonds is 8. The van der Waals surface area contributed by atoms with Crippen molar-refractivity contribution in [2.75, 3.05) is 20.7 Å². The van der Waals surface area contributed by atoms with Crippen LogP contribution in [0, 0.1) is 11.8 Å². The maximum Gasteiger partial charge on any atom is 0.278 e. The Morgan fingerprint density at radius 1 is 1.00 bits per heavy atom. The van der Waals surface area contributed by atoms with Crippen LogP contribution in [0.25, 0.3) is 0 Å². The molecule has 0 saturated carbocycles. The third kappa shape index (κ3) is 5.99. The normalized spacial score (nSPS) is 13.0. The quantitative estimate of drug-likeness (QED) is 0.170. The van der Waals surface area contributed by atoms with Gasteiger partial charge >= 0.3 is 0 Å². The Hall–Kier alpha value is -3.71. The Morgan fingerprint density at radius 2 is 1.53 bits per heavy atom. The average Bonchev–Trinajstić information content (AvgIpc) is 2.88. The van der Waals surface area contributed by atoms with E-state index in [0.717, 1.165) is 16.0 Å². The second kappa shape index (κ2) is 12.0. The first-order valence-corrected chi connectivity index (χ1v) is 10.6. The van der Waals surface area contributed by atoms with E-state index in [1.165, 1.54) is 38.6 Å². The van der Waals surface area contributed by atoms with Gasteiger partial charge in [0.15, 0.2) is 5.54 Å². The highest BCUT2D eigenvalue weighted by molar-refractivity contribution is 6.12. The molecular weight excluding hydrogens is 438 g/mol. The zero-order chi connectivity index (χ0) is 25.3. The number of hydrogen-bond donors (Lipinski definition) is 5. The molecule has 0 radical (unpaired) electrons. The third-order valence-corrected chi connectivity index (χ3v) is 5.60. The molecule has 0 aromatic heterocycles. The summed E-state index contributed by atoms with van der Waals surface area (Å²) < 4.78 is 0. The van der Waals surface area contributed by atoms with Crippen molar-refractivity contribution in [3.05, 3.63) is 70.8 Å². The molecule has 5 N–H and O–H groups in total. The van der Waals surface area contributed by atoms with Crippen molar-refractivity contribution in [1.82, 2.24) is 15.7 Å². The number of amides is 3. The van der Waals surface area contributed by atoms with E-state index in [1.807, 2.05) is 0 Å². The summed E-state index contributed by atoms with van der Waals surface area (Å²) in [5.74, 6) is 3.61. The zero-order valence-electron chi connectivity index (χ0n) is 19.3. The molecule has 0 aliphatic heterocycles. The van der Waals surface area contributed by atoms with Gasteiger partial charge in [-0.3, -0.25) is 19.6 Å². The Morgan fingerprint density at radius 3 is 2.00 bits per heavy atom. The molecule has 0 bridgehead atoms. The minimum absolute atomic E-state index is 0.0344. The fourth-order valence-corrected chi connectivity index (χ4v) is 3.24. The minimum Gasteiger partial charge on any atom is -0.396 e. The molecule has 0 saturated heterocycles. The molecule has 3 amide bonds. The van der Waals surface area contributed by atoms with E-state index in [1.54, 1.807) is 36.4 Å². The molecule has 9 nitrogen and oxygen atoms in total. The monoisotopic (exact) mass is 467 g/mol. The first kappa shape index (κ1) is 26.5. The molecule has 34 heavy (non-hydrogen) atoms. The Kier molecular flexibility index (Phi) is 9.33. The highest BCUT2D eigenvalue weighted by Gasteiger charge is 2.47. The summed E-state index contributed by atoms with van der Waals surface area (Å²) >= 11 is 0. The van der Waals surface area contributed by atoms with Gasteiger partial charge in [-0.1, -0.05) is 24.0 Å². The maximum atomic E-state index is 12.9. The Labute approximate surface area is 198 Å². The van der Waals surface area contributed by atoms with Crippen molar-refractivity contribution >= 4 is 17.7 Å². The number of nitrogens with one attached hydrogen (secondary N) is 2. The van der Waals surface area contributed by atoms with Crippen LogP contribution in [-0.2, 0) is 9.59 Å². The summed E-state index contributed by atoms with van der Waals surface area (Å²) in [5, 5.41) is 30.3. The van der Waals surface area contributed by atoms with Gasteiger partial charge in [0.25, 0.3) is 17.7 Å². The lowest BCUT2D eigenvalue weighted by molar-refractivity contribution is -0.148. The predicted molar refractivity (Wildman–Crippen MR) is 125 cm³/mol. The van der Waals surface area contributed by atoms with Crippen LogP contribution in [0.15, 0.2) is 48.5 Å². The number of aliphatic hydroxyl groups is 2. The molecule has 2 rings (SSSR count). The van der Waals surface area contributed by atoms with Crippen LogP contribution in [0.5, 0.6) is 0 Å². The summed E-state index contributed by atoms with van der Waals surface area (Å²) in [7, 11) is 2.62. The zero-order valence-corrected chi connectivity index (χ0v) is 19.3. The van der Waals surface area contributed by atoms with Gasteiger partial charge in [-0.2, -0.15) is 0 Å². The van der Waals surface area contributed by atoms with Gasteiger partial charge < -0.3 is 20.4 Å². The number of nitrogens with zero attached hydrogens (tertiary/aromatic N) is 1. The van der Waals surface area contributed by atoms with Gasteiger partial charge in [0.1, 0.15) is 0 Å². The third-order valence-electron chi connectivity index (χ3n) is 5.60. The molecule has 2 unspecified atom stereocenters. The van der Waals surface area contributed by atoms with Crippen molar-refractivity contribution in [2.45, 2.75) is 31.4 Å². The van der Waals surface area contributed by atoms with Crippen LogP contribution < -0.4 is 10.8 Å². The molecule has 0 heterocycles. The van der Waals surface area contributed by atoms with Crippen LogP contribution in [0.4, 0.5) is 0 Å². The molecule has 2 aromatic carbocycles. The van der Waals surface area contributed by atoms with Crippen LogP contribution in [0.1, 0.15) is 52.9 Å². The summed E-state index contributed by atoms with van der Waals surface area (Å²) in [4.78, 5) is 38.2. The lowest BCUT2D eigenvalue weighted by Crippen LogP contribution is -2.64. The maximum absolute atomic E-state index is 12.9. The molecule has 9 heteroatoms. The molecule has 0 spiro atoms. The molecule has 2 aromatic rings. The lowest BCUT2D eigenvalue weighted by atomic mass is 9.96. The van der Waals surface area contributed by atoms with Gasteiger partial charge in [-0.25, -0.2) is 5.48 Å². The van der Waals surface area contributed by atoms with Crippen molar-refractivity contribution < 1.29 is 29.8 Å². The number of aliphatic hydroxyl groups excluding tert-OH is 2. The Balaban J connectivity index is 2.15. The van der Waals surface area contributed by atoms with Gasteiger partial charge in [0.05, 0.1) is 6.10 Å². The second-order valence-electron chi connectivity index (χ2n) is 7.79. The van der Waals surface area contributed by atoms with E-state index in [4.69, 9.17) is 10.3 Å². The van der Waals surface area contributed by atoms with Gasteiger partial charge in [0.2, 0.25) is 0 Å². The molecule has 0 aliphatic carbocycles. The van der Waals surface area contributed by atoms with Crippen molar-refractivity contribution in [1.29, 1.82) is 0 Å². The predicted octanol–water partition coefficient (Wildman–Crippen LogP) is 0.974. The van der Waals surface area contributed by atoms with Crippen molar-refractivity contribution in [2.24, 2.45) is 0 Å². The lowest BCUT2D eigenvalue weighted by Gasteiger charge is -2.34. The topological polar surface area (TPSA) is 139 Å². The number of carbonyl (C=O) groups is 3. The molecule has 0 aliphatic rings. The molecule has 180 valence electrons. The van der Waals surface area contributed by atoms with E-state index in [2.05, 4.69) is 17.2 Å². The number of likely N-dealkylation sites (N-methyl/N-ethyl adjacent to an activating group) is 2. The minimum atomic E-state index is -1.96. The van der Waals surface area contributed by atoms with E-state index in [-0.39, 0.29) is 12.2 Å².